The number of hydrogen-bond donors (Lipinski definition) is 2. The van der Waals surface area contributed by atoms with E-state index in [1.54, 1.807) is 6.20 Å². The minimum Gasteiger partial charge on any atom is -0.337 e. The molecule has 0 unspecified atom stereocenters. The molecule has 1 fully saturated rings. The lowest BCUT2D eigenvalue weighted by molar-refractivity contribution is 0.252. The van der Waals surface area contributed by atoms with Gasteiger partial charge in [-0.05, 0) is 25.0 Å². The van der Waals surface area contributed by atoms with Crippen LogP contribution in [-0.2, 0) is 6.42 Å². The molecule has 1 saturated carbocycles. The second-order valence-electron chi connectivity index (χ2n) is 4.67. The maximum atomic E-state index is 11.7. The molecule has 0 aromatic carbocycles. The Balaban J connectivity index is 1.42. The number of amides is 2. The average Bonchev–Trinajstić information content (AvgIpc) is 3.21. The number of carbonyl (C=O) groups is 1. The van der Waals surface area contributed by atoms with Crippen LogP contribution < -0.4 is 10.6 Å². The quantitative estimate of drug-likeness (QED) is 0.884. The zero-order valence-electron chi connectivity index (χ0n) is 10.9. The number of hydrogen-bond acceptors (Lipinski definition) is 5. The third kappa shape index (κ3) is 3.51. The summed E-state index contributed by atoms with van der Waals surface area (Å²) >= 11 is 1.46. The molecule has 0 aliphatic heterocycles. The maximum Gasteiger partial charge on any atom is 0.321 e. The number of nitrogens with zero attached hydrogens (tertiary/aromatic N) is 3. The monoisotopic (exact) mass is 289 g/mol. The second kappa shape index (κ2) is 5.96. The summed E-state index contributed by atoms with van der Waals surface area (Å²) in [7, 11) is 0. The summed E-state index contributed by atoms with van der Waals surface area (Å²) in [5.41, 5.74) is 0.958. The fraction of sp³-hybridized carbons (Fsp3) is 0.385. The van der Waals surface area contributed by atoms with Crippen molar-refractivity contribution in [3.63, 3.8) is 0 Å². The van der Waals surface area contributed by atoms with Crippen molar-refractivity contribution in [2.24, 2.45) is 0 Å². The Morgan fingerprint density at radius 2 is 2.25 bits per heavy atom. The topological polar surface area (TPSA) is 79.8 Å². The van der Waals surface area contributed by atoms with Gasteiger partial charge in [-0.1, -0.05) is 17.4 Å². The smallest absolute Gasteiger partial charge is 0.321 e. The van der Waals surface area contributed by atoms with Crippen molar-refractivity contribution in [3.8, 4) is 0 Å². The van der Waals surface area contributed by atoms with Gasteiger partial charge in [0.05, 0.1) is 0 Å². The third-order valence-electron chi connectivity index (χ3n) is 2.98. The van der Waals surface area contributed by atoms with E-state index in [9.17, 15) is 4.79 Å². The van der Waals surface area contributed by atoms with Gasteiger partial charge in [-0.25, -0.2) is 4.79 Å². The summed E-state index contributed by atoms with van der Waals surface area (Å²) in [4.78, 5) is 15.9. The summed E-state index contributed by atoms with van der Waals surface area (Å²) in [5, 5.41) is 15.1. The number of carbonyl (C=O) groups excluding carboxylic acids is 1. The highest BCUT2D eigenvalue weighted by Crippen LogP contribution is 2.41. The highest BCUT2D eigenvalue weighted by molar-refractivity contribution is 7.15. The molecule has 0 saturated heterocycles. The van der Waals surface area contributed by atoms with E-state index in [1.165, 1.54) is 24.2 Å². The van der Waals surface area contributed by atoms with E-state index < -0.39 is 0 Å². The zero-order chi connectivity index (χ0) is 13.8. The Kier molecular flexibility index (Phi) is 3.87. The molecule has 3 rings (SSSR count). The summed E-state index contributed by atoms with van der Waals surface area (Å²) in [6, 6.07) is 5.49. The van der Waals surface area contributed by atoms with Gasteiger partial charge < -0.3 is 5.32 Å². The first-order valence-electron chi connectivity index (χ1n) is 6.59. The van der Waals surface area contributed by atoms with Crippen LogP contribution in [0.3, 0.4) is 0 Å². The molecule has 0 spiro atoms. The molecule has 20 heavy (non-hydrogen) atoms. The Bertz CT molecular complexity index is 581. The van der Waals surface area contributed by atoms with E-state index in [2.05, 4.69) is 25.8 Å². The Morgan fingerprint density at radius 3 is 3.00 bits per heavy atom. The molecular formula is C13H15N5OS. The van der Waals surface area contributed by atoms with Crippen LogP contribution in [-0.4, -0.2) is 27.8 Å². The molecule has 2 aromatic heterocycles. The van der Waals surface area contributed by atoms with E-state index in [0.717, 1.165) is 10.7 Å². The van der Waals surface area contributed by atoms with E-state index in [1.807, 2.05) is 18.2 Å². The lowest BCUT2D eigenvalue weighted by atomic mass is 10.3. The molecule has 2 amide bonds. The Hall–Kier alpha value is -2.02. The standard InChI is InChI=1S/C13H15N5OS/c19-12(15-8-6-10-3-1-2-7-14-10)16-13-18-17-11(20-13)9-4-5-9/h1-3,7,9H,4-6,8H2,(H2,15,16,18,19). The Morgan fingerprint density at radius 1 is 1.35 bits per heavy atom. The number of urea groups is 1. The average molecular weight is 289 g/mol. The van der Waals surface area contributed by atoms with Gasteiger partial charge in [0.15, 0.2) is 0 Å². The number of nitrogens with one attached hydrogen (secondary N) is 2. The predicted molar refractivity (Wildman–Crippen MR) is 76.8 cm³/mol. The minimum absolute atomic E-state index is 0.251. The number of anilines is 1. The summed E-state index contributed by atoms with van der Waals surface area (Å²) < 4.78 is 0. The van der Waals surface area contributed by atoms with Crippen molar-refractivity contribution in [1.82, 2.24) is 20.5 Å². The minimum atomic E-state index is -0.251. The second-order valence-corrected chi connectivity index (χ2v) is 5.68. The van der Waals surface area contributed by atoms with Gasteiger partial charge in [0.2, 0.25) is 5.13 Å². The Labute approximate surface area is 120 Å². The molecule has 2 N–H and O–H groups in total. The number of pyridine rings is 1. The summed E-state index contributed by atoms with van der Waals surface area (Å²) in [6.07, 6.45) is 4.82. The van der Waals surface area contributed by atoms with Crippen molar-refractivity contribution < 1.29 is 4.79 Å². The number of rotatable bonds is 5. The molecule has 2 heterocycles. The van der Waals surface area contributed by atoms with Crippen molar-refractivity contribution in [3.05, 3.63) is 35.1 Å². The molecule has 1 aliphatic carbocycles. The summed E-state index contributed by atoms with van der Waals surface area (Å²) in [6.45, 7) is 0.539. The van der Waals surface area contributed by atoms with Crippen LogP contribution in [0.5, 0.6) is 0 Å². The highest BCUT2D eigenvalue weighted by Gasteiger charge is 2.27. The lowest BCUT2D eigenvalue weighted by Crippen LogP contribution is -2.30. The molecule has 6 nitrogen and oxygen atoms in total. The van der Waals surface area contributed by atoms with Crippen LogP contribution in [0, 0.1) is 0 Å². The van der Waals surface area contributed by atoms with Gasteiger partial charge in [0, 0.05) is 30.8 Å². The molecular weight excluding hydrogens is 274 g/mol. The SMILES string of the molecule is O=C(NCCc1ccccn1)Nc1nnc(C2CC2)s1. The van der Waals surface area contributed by atoms with Gasteiger partial charge in [-0.3, -0.25) is 10.3 Å². The van der Waals surface area contributed by atoms with Crippen molar-refractivity contribution in [1.29, 1.82) is 0 Å². The third-order valence-corrected chi connectivity index (χ3v) is 3.98. The molecule has 7 heteroatoms. The first-order chi connectivity index (χ1) is 9.81. The first-order valence-corrected chi connectivity index (χ1v) is 7.41. The van der Waals surface area contributed by atoms with Crippen LogP contribution in [0.15, 0.2) is 24.4 Å². The van der Waals surface area contributed by atoms with Gasteiger partial charge in [0.1, 0.15) is 5.01 Å². The van der Waals surface area contributed by atoms with Crippen LogP contribution in [0.25, 0.3) is 0 Å². The van der Waals surface area contributed by atoms with Crippen LogP contribution in [0.2, 0.25) is 0 Å². The first kappa shape index (κ1) is 13.0. The molecule has 2 aromatic rings. The lowest BCUT2D eigenvalue weighted by Gasteiger charge is -2.04. The van der Waals surface area contributed by atoms with E-state index in [4.69, 9.17) is 0 Å². The van der Waals surface area contributed by atoms with Gasteiger partial charge in [-0.2, -0.15) is 0 Å². The maximum absolute atomic E-state index is 11.7. The van der Waals surface area contributed by atoms with Gasteiger partial charge in [0.25, 0.3) is 0 Å². The summed E-state index contributed by atoms with van der Waals surface area (Å²) in [5.74, 6) is 0.565. The van der Waals surface area contributed by atoms with Gasteiger partial charge >= 0.3 is 6.03 Å². The van der Waals surface area contributed by atoms with Crippen molar-refractivity contribution in [2.75, 3.05) is 11.9 Å². The van der Waals surface area contributed by atoms with E-state index >= 15 is 0 Å². The largest absolute Gasteiger partial charge is 0.337 e. The van der Waals surface area contributed by atoms with E-state index in [-0.39, 0.29) is 6.03 Å². The molecule has 0 bridgehead atoms. The molecule has 0 atom stereocenters. The van der Waals surface area contributed by atoms with Gasteiger partial charge in [-0.15, -0.1) is 10.2 Å². The molecule has 104 valence electrons. The fourth-order valence-electron chi connectivity index (χ4n) is 1.77. The van der Waals surface area contributed by atoms with Crippen LogP contribution >= 0.6 is 11.3 Å². The van der Waals surface area contributed by atoms with Crippen molar-refractivity contribution >= 4 is 22.5 Å². The van der Waals surface area contributed by atoms with E-state index in [0.29, 0.717) is 24.0 Å². The van der Waals surface area contributed by atoms with Crippen molar-refractivity contribution in [2.45, 2.75) is 25.2 Å². The highest BCUT2D eigenvalue weighted by atomic mass is 32.1. The van der Waals surface area contributed by atoms with Crippen LogP contribution in [0.1, 0.15) is 29.5 Å². The molecule has 1 aliphatic rings. The zero-order valence-corrected chi connectivity index (χ0v) is 11.7. The predicted octanol–water partition coefficient (Wildman–Crippen LogP) is 2.17. The van der Waals surface area contributed by atoms with Crippen LogP contribution in [0.4, 0.5) is 9.93 Å². The number of aromatic nitrogens is 3. The normalized spacial score (nSPS) is 14.0. The fourth-order valence-corrected chi connectivity index (χ4v) is 2.68. The molecule has 0 radical (unpaired) electrons.